The van der Waals surface area contributed by atoms with Gasteiger partial charge >= 0.3 is 0 Å². The fourth-order valence-corrected chi connectivity index (χ4v) is 2.30. The topological polar surface area (TPSA) is 42.2 Å². The summed E-state index contributed by atoms with van der Waals surface area (Å²) >= 11 is 3.23. The molecular formula is C11H14BrNO2. The van der Waals surface area contributed by atoms with E-state index in [0.717, 1.165) is 31.5 Å². The second-order valence-electron chi connectivity index (χ2n) is 3.95. The molecule has 0 saturated carbocycles. The highest BCUT2D eigenvalue weighted by molar-refractivity contribution is 9.10. The van der Waals surface area contributed by atoms with E-state index < -0.39 is 0 Å². The molecule has 1 saturated heterocycles. The molecule has 0 aliphatic carbocycles. The zero-order valence-corrected chi connectivity index (χ0v) is 10.0. The number of halogens is 1. The van der Waals surface area contributed by atoms with Crippen LogP contribution in [0.15, 0.2) is 21.4 Å². The van der Waals surface area contributed by atoms with Crippen LogP contribution in [0.25, 0.3) is 0 Å². The Labute approximate surface area is 97.4 Å². The summed E-state index contributed by atoms with van der Waals surface area (Å²) in [5.74, 6) is 0.503. The van der Waals surface area contributed by atoms with Gasteiger partial charge in [-0.15, -0.1) is 0 Å². The van der Waals surface area contributed by atoms with Crippen molar-refractivity contribution in [2.45, 2.75) is 19.3 Å². The van der Waals surface area contributed by atoms with Gasteiger partial charge in [-0.3, -0.25) is 4.79 Å². The van der Waals surface area contributed by atoms with Crippen molar-refractivity contribution in [1.82, 2.24) is 5.32 Å². The van der Waals surface area contributed by atoms with E-state index >= 15 is 0 Å². The zero-order chi connectivity index (χ0) is 10.7. The Balaban J connectivity index is 1.91. The molecule has 0 amide bonds. The van der Waals surface area contributed by atoms with Crippen LogP contribution in [0, 0.1) is 5.92 Å². The van der Waals surface area contributed by atoms with Gasteiger partial charge in [0.15, 0.2) is 4.67 Å². The molecule has 2 rings (SSSR count). The molecule has 1 aromatic heterocycles. The van der Waals surface area contributed by atoms with Crippen LogP contribution in [0.1, 0.15) is 18.4 Å². The highest BCUT2D eigenvalue weighted by Crippen LogP contribution is 2.18. The molecule has 4 heteroatoms. The van der Waals surface area contributed by atoms with Crippen molar-refractivity contribution in [1.29, 1.82) is 0 Å². The lowest BCUT2D eigenvalue weighted by atomic mass is 9.92. The lowest BCUT2D eigenvalue weighted by Crippen LogP contribution is -2.35. The van der Waals surface area contributed by atoms with Crippen LogP contribution in [0.5, 0.6) is 0 Å². The third kappa shape index (κ3) is 2.92. The quantitative estimate of drug-likeness (QED) is 0.916. The third-order valence-electron chi connectivity index (χ3n) is 2.75. The average Bonchev–Trinajstić information content (AvgIpc) is 2.65. The van der Waals surface area contributed by atoms with E-state index in [-0.39, 0.29) is 5.92 Å². The summed E-state index contributed by atoms with van der Waals surface area (Å²) in [4.78, 5) is 11.9. The van der Waals surface area contributed by atoms with Gasteiger partial charge < -0.3 is 9.73 Å². The molecule has 0 spiro atoms. The maximum atomic E-state index is 11.9. The fourth-order valence-electron chi connectivity index (χ4n) is 1.91. The van der Waals surface area contributed by atoms with Gasteiger partial charge in [-0.2, -0.15) is 0 Å². The van der Waals surface area contributed by atoms with Gasteiger partial charge in [-0.05, 0) is 46.9 Å². The molecular weight excluding hydrogens is 258 g/mol. The number of nitrogens with one attached hydrogen (secondary N) is 1. The summed E-state index contributed by atoms with van der Waals surface area (Å²) in [6.07, 6.45) is 4.25. The van der Waals surface area contributed by atoms with Crippen LogP contribution in [-0.2, 0) is 11.2 Å². The monoisotopic (exact) mass is 271 g/mol. The third-order valence-corrected chi connectivity index (χ3v) is 3.17. The van der Waals surface area contributed by atoms with Crippen LogP contribution < -0.4 is 5.32 Å². The first-order valence-electron chi connectivity index (χ1n) is 5.22. The number of hydrogen-bond donors (Lipinski definition) is 1. The van der Waals surface area contributed by atoms with E-state index in [1.165, 1.54) is 0 Å². The van der Waals surface area contributed by atoms with Crippen molar-refractivity contribution in [3.8, 4) is 0 Å². The summed E-state index contributed by atoms with van der Waals surface area (Å²) in [5, 5.41) is 3.25. The van der Waals surface area contributed by atoms with Gasteiger partial charge in [-0.25, -0.2) is 0 Å². The minimum absolute atomic E-state index is 0.187. The molecule has 0 aromatic carbocycles. The van der Waals surface area contributed by atoms with Gasteiger partial charge in [0.2, 0.25) is 0 Å². The summed E-state index contributed by atoms with van der Waals surface area (Å²) in [6.45, 7) is 1.87. The second kappa shape index (κ2) is 4.94. The van der Waals surface area contributed by atoms with Gasteiger partial charge in [-0.1, -0.05) is 0 Å². The summed E-state index contributed by atoms with van der Waals surface area (Å²) in [6, 6.07) is 1.86. The molecule has 1 atom stereocenters. The lowest BCUT2D eigenvalue weighted by Gasteiger charge is -2.21. The second-order valence-corrected chi connectivity index (χ2v) is 4.73. The Morgan fingerprint density at radius 2 is 2.53 bits per heavy atom. The number of carbonyl (C=O) groups is 1. The zero-order valence-electron chi connectivity index (χ0n) is 8.46. The fraction of sp³-hybridized carbons (Fsp3) is 0.545. The maximum Gasteiger partial charge on any atom is 0.169 e. The van der Waals surface area contributed by atoms with E-state index in [1.54, 1.807) is 6.26 Å². The Bertz CT molecular complexity index is 342. The number of piperidine rings is 1. The van der Waals surface area contributed by atoms with Crippen molar-refractivity contribution >= 4 is 21.7 Å². The van der Waals surface area contributed by atoms with E-state index in [9.17, 15) is 4.79 Å². The maximum absolute atomic E-state index is 11.9. The van der Waals surface area contributed by atoms with Crippen molar-refractivity contribution in [3.63, 3.8) is 0 Å². The Morgan fingerprint density at radius 3 is 3.13 bits per heavy atom. The first kappa shape index (κ1) is 10.9. The van der Waals surface area contributed by atoms with Crippen molar-refractivity contribution in [3.05, 3.63) is 22.6 Å². The minimum atomic E-state index is 0.187. The molecule has 1 aromatic rings. The molecule has 3 nitrogen and oxygen atoms in total. The molecule has 82 valence electrons. The largest absolute Gasteiger partial charge is 0.457 e. The van der Waals surface area contributed by atoms with Crippen LogP contribution in [0.2, 0.25) is 0 Å². The van der Waals surface area contributed by atoms with Crippen molar-refractivity contribution in [2.24, 2.45) is 5.92 Å². The van der Waals surface area contributed by atoms with Crippen molar-refractivity contribution in [2.75, 3.05) is 13.1 Å². The Morgan fingerprint density at radius 1 is 1.67 bits per heavy atom. The van der Waals surface area contributed by atoms with Crippen LogP contribution in [-0.4, -0.2) is 18.9 Å². The molecule has 0 radical (unpaired) electrons. The van der Waals surface area contributed by atoms with Gasteiger partial charge in [0.25, 0.3) is 0 Å². The Kier molecular flexibility index (Phi) is 3.59. The van der Waals surface area contributed by atoms with Gasteiger partial charge in [0.1, 0.15) is 5.78 Å². The van der Waals surface area contributed by atoms with Gasteiger partial charge in [0, 0.05) is 18.9 Å². The van der Waals surface area contributed by atoms with E-state index in [4.69, 9.17) is 4.42 Å². The van der Waals surface area contributed by atoms with E-state index in [2.05, 4.69) is 21.2 Å². The van der Waals surface area contributed by atoms with Crippen molar-refractivity contribution < 1.29 is 9.21 Å². The molecule has 1 fully saturated rings. The molecule has 1 aliphatic heterocycles. The van der Waals surface area contributed by atoms with E-state index in [0.29, 0.717) is 16.9 Å². The number of carbonyl (C=O) groups excluding carboxylic acids is 1. The highest BCUT2D eigenvalue weighted by atomic mass is 79.9. The number of Topliss-reactive ketones (excluding diaryl/α,β-unsaturated/α-hetero) is 1. The summed E-state index contributed by atoms with van der Waals surface area (Å²) in [5.41, 5.74) is 0.956. The molecule has 1 unspecified atom stereocenters. The predicted octanol–water partition coefficient (Wildman–Crippen LogP) is 2.15. The smallest absolute Gasteiger partial charge is 0.169 e. The first-order valence-corrected chi connectivity index (χ1v) is 6.01. The number of furan rings is 1. The number of ketones is 1. The Hall–Kier alpha value is -0.610. The van der Waals surface area contributed by atoms with Crippen LogP contribution in [0.3, 0.4) is 0 Å². The molecule has 0 bridgehead atoms. The highest BCUT2D eigenvalue weighted by Gasteiger charge is 2.21. The number of rotatable bonds is 3. The van der Waals surface area contributed by atoms with E-state index in [1.807, 2.05) is 6.07 Å². The molecule has 1 N–H and O–H groups in total. The summed E-state index contributed by atoms with van der Waals surface area (Å²) < 4.78 is 5.79. The summed E-state index contributed by atoms with van der Waals surface area (Å²) in [7, 11) is 0. The van der Waals surface area contributed by atoms with Gasteiger partial charge in [0.05, 0.1) is 6.26 Å². The standard InChI is InChI=1S/C11H14BrNO2/c12-11-5-8(7-15-11)4-10(14)9-2-1-3-13-6-9/h5,7,9,13H,1-4,6H2. The predicted molar refractivity (Wildman–Crippen MR) is 60.7 cm³/mol. The lowest BCUT2D eigenvalue weighted by molar-refractivity contribution is -0.122. The minimum Gasteiger partial charge on any atom is -0.457 e. The average molecular weight is 272 g/mol. The molecule has 1 aliphatic rings. The molecule has 2 heterocycles. The normalized spacial score (nSPS) is 21.5. The van der Waals surface area contributed by atoms with Crippen LogP contribution in [0.4, 0.5) is 0 Å². The molecule has 15 heavy (non-hydrogen) atoms. The van der Waals surface area contributed by atoms with Crippen LogP contribution >= 0.6 is 15.9 Å². The number of hydrogen-bond acceptors (Lipinski definition) is 3. The first-order chi connectivity index (χ1) is 7.25. The SMILES string of the molecule is O=C(Cc1coc(Br)c1)C1CCCNC1.